The van der Waals surface area contributed by atoms with Crippen LogP contribution in [0.15, 0.2) is 18.3 Å². The molecule has 1 saturated heterocycles. The van der Waals surface area contributed by atoms with Gasteiger partial charge < -0.3 is 9.80 Å². The second-order valence-corrected chi connectivity index (χ2v) is 6.79. The molecular weight excluding hydrogens is 314 g/mol. The lowest BCUT2D eigenvalue weighted by atomic mass is 10.1. The highest BCUT2D eigenvalue weighted by molar-refractivity contribution is 5.76. The fraction of sp³-hybridized carbons (Fsp3) is 0.526. The van der Waals surface area contributed by atoms with Crippen molar-refractivity contribution in [3.8, 4) is 0 Å². The second-order valence-electron chi connectivity index (χ2n) is 6.79. The van der Waals surface area contributed by atoms with Crippen LogP contribution in [-0.2, 0) is 11.2 Å². The molecule has 6 heteroatoms. The van der Waals surface area contributed by atoms with E-state index in [1.54, 1.807) is 0 Å². The summed E-state index contributed by atoms with van der Waals surface area (Å²) >= 11 is 0. The van der Waals surface area contributed by atoms with Crippen LogP contribution in [0.5, 0.6) is 0 Å². The number of aryl methyl sites for hydroxylation is 3. The summed E-state index contributed by atoms with van der Waals surface area (Å²) < 4.78 is 0. The molecule has 25 heavy (non-hydrogen) atoms. The van der Waals surface area contributed by atoms with E-state index in [2.05, 4.69) is 32.2 Å². The maximum absolute atomic E-state index is 12.6. The summed E-state index contributed by atoms with van der Waals surface area (Å²) in [6.45, 7) is 9.49. The van der Waals surface area contributed by atoms with Gasteiger partial charge in [0.25, 0.3) is 0 Å². The third kappa shape index (κ3) is 4.18. The number of nitrogens with one attached hydrogen (secondary N) is 1. The highest BCUT2D eigenvalue weighted by atomic mass is 16.2. The molecule has 134 valence electrons. The first-order chi connectivity index (χ1) is 12.0. The molecule has 1 N–H and O–H groups in total. The molecule has 0 bridgehead atoms. The third-order valence-electron chi connectivity index (χ3n) is 4.96. The first-order valence-corrected chi connectivity index (χ1v) is 9.00. The predicted octanol–water partition coefficient (Wildman–Crippen LogP) is 2.40. The number of amides is 1. The van der Waals surface area contributed by atoms with E-state index >= 15 is 0 Å². The Bertz CT molecular complexity index is 720. The van der Waals surface area contributed by atoms with E-state index in [1.807, 2.05) is 31.9 Å². The minimum atomic E-state index is 0.243. The van der Waals surface area contributed by atoms with Gasteiger partial charge in [0, 0.05) is 55.9 Å². The number of aromatic amines is 1. The zero-order valence-electron chi connectivity index (χ0n) is 15.4. The number of carbonyl (C=O) groups is 1. The number of rotatable bonds is 4. The van der Waals surface area contributed by atoms with Crippen molar-refractivity contribution in [1.29, 1.82) is 0 Å². The summed E-state index contributed by atoms with van der Waals surface area (Å²) in [5.41, 5.74) is 5.48. The van der Waals surface area contributed by atoms with Crippen LogP contribution in [0.25, 0.3) is 0 Å². The maximum atomic E-state index is 12.6. The number of anilines is 1. The monoisotopic (exact) mass is 341 g/mol. The SMILES string of the molecule is Cc1cc(N2CCCN(C(=O)CCc3c(C)n[nH]c3C)CC2)ccn1. The Morgan fingerprint density at radius 2 is 2.04 bits per heavy atom. The molecule has 1 amide bonds. The fourth-order valence-electron chi connectivity index (χ4n) is 3.48. The van der Waals surface area contributed by atoms with E-state index in [-0.39, 0.29) is 5.91 Å². The minimum absolute atomic E-state index is 0.243. The zero-order chi connectivity index (χ0) is 17.8. The van der Waals surface area contributed by atoms with Crippen molar-refractivity contribution in [3.63, 3.8) is 0 Å². The lowest BCUT2D eigenvalue weighted by Crippen LogP contribution is -2.35. The molecule has 6 nitrogen and oxygen atoms in total. The average Bonchev–Trinajstić information content (AvgIpc) is 2.80. The van der Waals surface area contributed by atoms with Crippen molar-refractivity contribution in [1.82, 2.24) is 20.1 Å². The van der Waals surface area contributed by atoms with Crippen LogP contribution < -0.4 is 4.90 Å². The van der Waals surface area contributed by atoms with E-state index in [1.165, 1.54) is 11.3 Å². The quantitative estimate of drug-likeness (QED) is 0.927. The van der Waals surface area contributed by atoms with Crippen LogP contribution in [0.3, 0.4) is 0 Å². The van der Waals surface area contributed by atoms with E-state index in [0.29, 0.717) is 6.42 Å². The van der Waals surface area contributed by atoms with Crippen molar-refractivity contribution in [3.05, 3.63) is 41.0 Å². The standard InChI is InChI=1S/C19H27N5O/c1-14-13-17(7-8-20-14)23-9-4-10-24(12-11-23)19(25)6-5-18-15(2)21-22-16(18)3/h7-8,13H,4-6,9-12H2,1-3H3,(H,21,22). The van der Waals surface area contributed by atoms with Gasteiger partial charge in [0.2, 0.25) is 5.91 Å². The van der Waals surface area contributed by atoms with Crippen LogP contribution in [-0.4, -0.2) is 52.2 Å². The lowest BCUT2D eigenvalue weighted by molar-refractivity contribution is -0.130. The van der Waals surface area contributed by atoms with Crippen molar-refractivity contribution in [2.24, 2.45) is 0 Å². The molecular formula is C19H27N5O. The molecule has 3 heterocycles. The summed E-state index contributed by atoms with van der Waals surface area (Å²) in [5.74, 6) is 0.243. The Labute approximate surface area is 149 Å². The van der Waals surface area contributed by atoms with E-state index in [4.69, 9.17) is 0 Å². The van der Waals surface area contributed by atoms with Crippen LogP contribution in [0.4, 0.5) is 5.69 Å². The van der Waals surface area contributed by atoms with Gasteiger partial charge in [-0.2, -0.15) is 5.10 Å². The molecule has 0 spiro atoms. The van der Waals surface area contributed by atoms with Gasteiger partial charge in [-0.1, -0.05) is 0 Å². The number of hydrogen-bond acceptors (Lipinski definition) is 4. The van der Waals surface area contributed by atoms with Gasteiger partial charge in [0.15, 0.2) is 0 Å². The van der Waals surface area contributed by atoms with Gasteiger partial charge >= 0.3 is 0 Å². The average molecular weight is 341 g/mol. The van der Waals surface area contributed by atoms with Crippen molar-refractivity contribution < 1.29 is 4.79 Å². The lowest BCUT2D eigenvalue weighted by Gasteiger charge is -2.24. The molecule has 0 unspecified atom stereocenters. The van der Waals surface area contributed by atoms with Crippen LogP contribution in [0, 0.1) is 20.8 Å². The van der Waals surface area contributed by atoms with Gasteiger partial charge in [-0.3, -0.25) is 14.9 Å². The molecule has 0 aromatic carbocycles. The van der Waals surface area contributed by atoms with Crippen LogP contribution in [0.1, 0.15) is 35.5 Å². The van der Waals surface area contributed by atoms with E-state index < -0.39 is 0 Å². The third-order valence-corrected chi connectivity index (χ3v) is 4.96. The van der Waals surface area contributed by atoms with Crippen molar-refractivity contribution >= 4 is 11.6 Å². The number of pyridine rings is 1. The predicted molar refractivity (Wildman–Crippen MR) is 98.8 cm³/mol. The first kappa shape index (κ1) is 17.5. The number of hydrogen-bond donors (Lipinski definition) is 1. The normalized spacial score (nSPS) is 15.3. The summed E-state index contributed by atoms with van der Waals surface area (Å²) in [7, 11) is 0. The second kappa shape index (κ2) is 7.68. The minimum Gasteiger partial charge on any atom is -0.370 e. The Morgan fingerprint density at radius 1 is 1.20 bits per heavy atom. The first-order valence-electron chi connectivity index (χ1n) is 9.00. The highest BCUT2D eigenvalue weighted by Crippen LogP contribution is 2.18. The molecule has 3 rings (SSSR count). The summed E-state index contributed by atoms with van der Waals surface area (Å²) in [4.78, 5) is 21.3. The van der Waals surface area contributed by atoms with Gasteiger partial charge in [-0.15, -0.1) is 0 Å². The number of H-pyrrole nitrogens is 1. The Hall–Kier alpha value is -2.37. The highest BCUT2D eigenvalue weighted by Gasteiger charge is 2.20. The van der Waals surface area contributed by atoms with Gasteiger partial charge in [0.05, 0.1) is 5.69 Å². The van der Waals surface area contributed by atoms with Gasteiger partial charge in [0.1, 0.15) is 0 Å². The molecule has 2 aromatic rings. The number of aromatic nitrogens is 3. The summed E-state index contributed by atoms with van der Waals surface area (Å²) in [6.07, 6.45) is 4.16. The summed E-state index contributed by atoms with van der Waals surface area (Å²) in [5, 5.41) is 7.20. The molecule has 2 aromatic heterocycles. The molecule has 1 fully saturated rings. The van der Waals surface area contributed by atoms with Crippen LogP contribution in [0.2, 0.25) is 0 Å². The van der Waals surface area contributed by atoms with Gasteiger partial charge in [-0.25, -0.2) is 0 Å². The summed E-state index contributed by atoms with van der Waals surface area (Å²) in [6, 6.07) is 4.16. The number of carbonyl (C=O) groups excluding carboxylic acids is 1. The molecule has 0 atom stereocenters. The molecule has 1 aliphatic heterocycles. The number of nitrogens with zero attached hydrogens (tertiary/aromatic N) is 4. The van der Waals surface area contributed by atoms with Gasteiger partial charge in [-0.05, 0) is 51.3 Å². The Morgan fingerprint density at radius 3 is 2.76 bits per heavy atom. The molecule has 0 aliphatic carbocycles. The fourth-order valence-corrected chi connectivity index (χ4v) is 3.48. The maximum Gasteiger partial charge on any atom is 0.222 e. The van der Waals surface area contributed by atoms with E-state index in [9.17, 15) is 4.79 Å². The van der Waals surface area contributed by atoms with E-state index in [0.717, 1.165) is 56.1 Å². The molecule has 1 aliphatic rings. The Balaban J connectivity index is 1.56. The molecule has 0 radical (unpaired) electrons. The van der Waals surface area contributed by atoms with Crippen molar-refractivity contribution in [2.75, 3.05) is 31.1 Å². The van der Waals surface area contributed by atoms with Crippen LogP contribution >= 0.6 is 0 Å². The van der Waals surface area contributed by atoms with Crippen molar-refractivity contribution in [2.45, 2.75) is 40.0 Å². The largest absolute Gasteiger partial charge is 0.370 e. The topological polar surface area (TPSA) is 65.1 Å². The molecule has 0 saturated carbocycles. The smallest absolute Gasteiger partial charge is 0.222 e. The zero-order valence-corrected chi connectivity index (χ0v) is 15.4. The Kier molecular flexibility index (Phi) is 5.36.